The van der Waals surface area contributed by atoms with Crippen LogP contribution in [0.25, 0.3) is 0 Å². The summed E-state index contributed by atoms with van der Waals surface area (Å²) in [6, 6.07) is -0.368. The first-order valence-electron chi connectivity index (χ1n) is 3.29. The van der Waals surface area contributed by atoms with E-state index in [1.54, 1.807) is 0 Å². The Kier molecular flexibility index (Phi) is 1.92. The molecule has 0 heterocycles. The fourth-order valence-electron chi connectivity index (χ4n) is 1.36. The average Bonchev–Trinajstić information content (AvgIpc) is 2.11. The minimum atomic E-state index is -0.988. The average molecular weight is 145 g/mol. The van der Waals surface area contributed by atoms with E-state index in [9.17, 15) is 4.79 Å². The zero-order chi connectivity index (χ0) is 7.72. The highest BCUT2D eigenvalue weighted by atomic mass is 16.4. The van der Waals surface area contributed by atoms with E-state index in [0.29, 0.717) is 12.8 Å². The van der Waals surface area contributed by atoms with E-state index in [1.807, 2.05) is 0 Å². The van der Waals surface area contributed by atoms with Gasteiger partial charge < -0.3 is 15.9 Å². The summed E-state index contributed by atoms with van der Waals surface area (Å²) in [5, 5.41) is 17.6. The number of hydrogen-bond donors (Lipinski definition) is 3. The Bertz CT molecular complexity index is 138. The summed E-state index contributed by atoms with van der Waals surface area (Å²) in [5.41, 5.74) is 5.43. The van der Waals surface area contributed by atoms with E-state index >= 15 is 0 Å². The zero-order valence-corrected chi connectivity index (χ0v) is 5.53. The fraction of sp³-hybridized carbons (Fsp3) is 0.833. The van der Waals surface area contributed by atoms with Gasteiger partial charge in [0, 0.05) is 6.04 Å². The van der Waals surface area contributed by atoms with Crippen molar-refractivity contribution in [2.75, 3.05) is 0 Å². The smallest absolute Gasteiger partial charge is 0.310 e. The van der Waals surface area contributed by atoms with Gasteiger partial charge in [-0.2, -0.15) is 0 Å². The molecule has 0 aliphatic heterocycles. The Morgan fingerprint density at radius 2 is 2.10 bits per heavy atom. The summed E-state index contributed by atoms with van der Waals surface area (Å²) in [6.45, 7) is 0. The lowest BCUT2D eigenvalue weighted by atomic mass is 10.0. The van der Waals surface area contributed by atoms with Gasteiger partial charge in [0.05, 0.1) is 12.0 Å². The van der Waals surface area contributed by atoms with Crippen molar-refractivity contribution in [2.24, 2.45) is 11.7 Å². The second kappa shape index (κ2) is 2.56. The van der Waals surface area contributed by atoms with E-state index in [1.165, 1.54) is 0 Å². The van der Waals surface area contributed by atoms with Gasteiger partial charge in [-0.15, -0.1) is 0 Å². The third-order valence-electron chi connectivity index (χ3n) is 1.96. The maximum atomic E-state index is 10.4. The number of aliphatic carboxylic acids is 1. The lowest BCUT2D eigenvalue weighted by Crippen LogP contribution is -2.36. The van der Waals surface area contributed by atoms with Crippen molar-refractivity contribution in [1.82, 2.24) is 0 Å². The van der Waals surface area contributed by atoms with Crippen molar-refractivity contribution in [2.45, 2.75) is 25.0 Å². The van der Waals surface area contributed by atoms with E-state index in [4.69, 9.17) is 15.9 Å². The highest BCUT2D eigenvalue weighted by Gasteiger charge is 2.37. The number of carbonyl (C=O) groups is 1. The minimum absolute atomic E-state index is 0.368. The van der Waals surface area contributed by atoms with Gasteiger partial charge in [0.25, 0.3) is 0 Å². The van der Waals surface area contributed by atoms with E-state index in [-0.39, 0.29) is 6.04 Å². The van der Waals surface area contributed by atoms with Crippen LogP contribution in [-0.2, 0) is 4.79 Å². The molecule has 1 aliphatic rings. The molecular formula is C6H11NO3. The Hall–Kier alpha value is -0.610. The molecule has 10 heavy (non-hydrogen) atoms. The molecule has 4 N–H and O–H groups in total. The maximum Gasteiger partial charge on any atom is 0.310 e. The maximum absolute atomic E-state index is 10.4. The molecule has 1 saturated carbocycles. The lowest BCUT2D eigenvalue weighted by Gasteiger charge is -2.12. The second-order valence-electron chi connectivity index (χ2n) is 2.67. The van der Waals surface area contributed by atoms with Crippen LogP contribution in [0.4, 0.5) is 0 Å². The number of aliphatic hydroxyl groups is 1. The van der Waals surface area contributed by atoms with Gasteiger partial charge in [-0.05, 0) is 12.8 Å². The number of rotatable bonds is 1. The van der Waals surface area contributed by atoms with E-state index in [0.717, 1.165) is 0 Å². The van der Waals surface area contributed by atoms with Gasteiger partial charge in [0.2, 0.25) is 0 Å². The summed E-state index contributed by atoms with van der Waals surface area (Å²) in [5.74, 6) is -1.74. The van der Waals surface area contributed by atoms with E-state index in [2.05, 4.69) is 0 Å². The molecular weight excluding hydrogens is 134 g/mol. The van der Waals surface area contributed by atoms with Gasteiger partial charge in [-0.3, -0.25) is 4.79 Å². The molecule has 58 valence electrons. The molecule has 0 unspecified atom stereocenters. The number of carboxylic acids is 1. The quantitative estimate of drug-likeness (QED) is 0.449. The van der Waals surface area contributed by atoms with E-state index < -0.39 is 18.0 Å². The SMILES string of the molecule is N[C@H]1CC[C@H](O)[C@@H]1C(=O)O. The van der Waals surface area contributed by atoms with Crippen LogP contribution in [0.15, 0.2) is 0 Å². The topological polar surface area (TPSA) is 83.5 Å². The van der Waals surface area contributed by atoms with Crippen molar-refractivity contribution < 1.29 is 15.0 Å². The van der Waals surface area contributed by atoms with Crippen LogP contribution >= 0.6 is 0 Å². The van der Waals surface area contributed by atoms with Crippen molar-refractivity contribution >= 4 is 5.97 Å². The van der Waals surface area contributed by atoms with Crippen LogP contribution in [0.2, 0.25) is 0 Å². The van der Waals surface area contributed by atoms with Crippen molar-refractivity contribution in [3.05, 3.63) is 0 Å². The van der Waals surface area contributed by atoms with Gasteiger partial charge in [-0.1, -0.05) is 0 Å². The van der Waals surface area contributed by atoms with Crippen LogP contribution in [0, 0.1) is 5.92 Å². The number of hydrogen-bond acceptors (Lipinski definition) is 3. The molecule has 0 bridgehead atoms. The van der Waals surface area contributed by atoms with Gasteiger partial charge in [0.15, 0.2) is 0 Å². The third kappa shape index (κ3) is 1.12. The van der Waals surface area contributed by atoms with Crippen molar-refractivity contribution in [3.8, 4) is 0 Å². The number of nitrogens with two attached hydrogens (primary N) is 1. The van der Waals surface area contributed by atoms with Gasteiger partial charge in [-0.25, -0.2) is 0 Å². The molecule has 4 heteroatoms. The Morgan fingerprint density at radius 1 is 1.50 bits per heavy atom. The van der Waals surface area contributed by atoms with Crippen LogP contribution in [0.3, 0.4) is 0 Å². The first-order chi connectivity index (χ1) is 4.63. The largest absolute Gasteiger partial charge is 0.481 e. The number of carboxylic acid groups (broad SMARTS) is 1. The van der Waals surface area contributed by atoms with Gasteiger partial charge in [0.1, 0.15) is 0 Å². The summed E-state index contributed by atoms with van der Waals surface area (Å²) in [6.07, 6.45) is 0.378. The lowest BCUT2D eigenvalue weighted by molar-refractivity contribution is -0.144. The number of aliphatic hydroxyl groups excluding tert-OH is 1. The Morgan fingerprint density at radius 3 is 2.30 bits per heavy atom. The molecule has 1 aliphatic carbocycles. The molecule has 0 aromatic carbocycles. The fourth-order valence-corrected chi connectivity index (χ4v) is 1.36. The minimum Gasteiger partial charge on any atom is -0.481 e. The molecule has 3 atom stereocenters. The molecule has 4 nitrogen and oxygen atoms in total. The molecule has 0 spiro atoms. The normalized spacial score (nSPS) is 40.0. The third-order valence-corrected chi connectivity index (χ3v) is 1.96. The Balaban J connectivity index is 2.63. The van der Waals surface area contributed by atoms with Crippen molar-refractivity contribution in [3.63, 3.8) is 0 Å². The molecule has 0 saturated heterocycles. The Labute approximate surface area is 58.6 Å². The highest BCUT2D eigenvalue weighted by Crippen LogP contribution is 2.24. The van der Waals surface area contributed by atoms with Crippen LogP contribution in [0.5, 0.6) is 0 Å². The summed E-state index contributed by atoms with van der Waals surface area (Å²) in [7, 11) is 0. The first-order valence-corrected chi connectivity index (χ1v) is 3.29. The van der Waals surface area contributed by atoms with Crippen LogP contribution in [-0.4, -0.2) is 28.3 Å². The van der Waals surface area contributed by atoms with Crippen LogP contribution < -0.4 is 5.73 Å². The molecule has 0 aromatic rings. The van der Waals surface area contributed by atoms with Crippen molar-refractivity contribution in [1.29, 1.82) is 0 Å². The van der Waals surface area contributed by atoms with Crippen LogP contribution in [0.1, 0.15) is 12.8 Å². The predicted octanol–water partition coefficient (Wildman–Crippen LogP) is -0.831. The summed E-state index contributed by atoms with van der Waals surface area (Å²) in [4.78, 5) is 10.4. The zero-order valence-electron chi connectivity index (χ0n) is 5.53. The first kappa shape index (κ1) is 7.50. The molecule has 0 amide bonds. The standard InChI is InChI=1S/C6H11NO3/c7-3-1-2-4(8)5(3)6(9)10/h3-5,8H,1-2,7H2,(H,9,10)/t3-,4-,5+/m0/s1. The molecule has 1 rings (SSSR count). The second-order valence-corrected chi connectivity index (χ2v) is 2.67. The molecule has 1 fully saturated rings. The summed E-state index contributed by atoms with van der Waals surface area (Å²) < 4.78 is 0. The highest BCUT2D eigenvalue weighted by molar-refractivity contribution is 5.72. The molecule has 0 aromatic heterocycles. The van der Waals surface area contributed by atoms with Gasteiger partial charge >= 0.3 is 5.97 Å². The monoisotopic (exact) mass is 145 g/mol. The predicted molar refractivity (Wildman–Crippen MR) is 34.3 cm³/mol. The molecule has 0 radical (unpaired) electrons. The summed E-state index contributed by atoms with van der Waals surface area (Å²) >= 11 is 0.